The number of ether oxygens (including phenoxy) is 2. The lowest BCUT2D eigenvalue weighted by Crippen LogP contribution is -2.49. The molecule has 2 aromatic carbocycles. The molecule has 0 amide bonds. The number of aromatic nitrogens is 3. The van der Waals surface area contributed by atoms with Crippen molar-refractivity contribution in [3.63, 3.8) is 0 Å². The fourth-order valence-corrected chi connectivity index (χ4v) is 7.65. The second-order valence-electron chi connectivity index (χ2n) is 15.7. The number of aromatic amines is 1. The van der Waals surface area contributed by atoms with Crippen LogP contribution in [0.3, 0.4) is 0 Å². The lowest BCUT2D eigenvalue weighted by atomic mass is 9.59. The third-order valence-corrected chi connectivity index (χ3v) is 10.1. The number of fused-ring (bicyclic) bond motifs is 1. The van der Waals surface area contributed by atoms with Crippen molar-refractivity contribution in [2.45, 2.75) is 73.5 Å². The number of esters is 1. The van der Waals surface area contributed by atoms with Gasteiger partial charge >= 0.3 is 11.7 Å². The smallest absolute Gasteiger partial charge is 0.342 e. The summed E-state index contributed by atoms with van der Waals surface area (Å²) in [6.45, 7) is 15.6. The first-order valence-corrected chi connectivity index (χ1v) is 16.9. The van der Waals surface area contributed by atoms with E-state index in [1.807, 2.05) is 31.1 Å². The highest BCUT2D eigenvalue weighted by Gasteiger charge is 2.48. The van der Waals surface area contributed by atoms with Crippen molar-refractivity contribution in [2.24, 2.45) is 28.6 Å². The van der Waals surface area contributed by atoms with Gasteiger partial charge < -0.3 is 14.6 Å². The molecule has 1 aliphatic rings. The summed E-state index contributed by atoms with van der Waals surface area (Å²) in [7, 11) is 5.22. The average molecular weight is 677 g/mol. The maximum Gasteiger partial charge on any atom is 0.342 e. The Bertz CT molecular complexity index is 1810. The molecule has 0 radical (unpaired) electrons. The minimum Gasteiger partial charge on any atom is -0.508 e. The Labute approximate surface area is 288 Å². The van der Waals surface area contributed by atoms with Gasteiger partial charge in [-0.1, -0.05) is 84.3 Å². The van der Waals surface area contributed by atoms with E-state index in [2.05, 4.69) is 58.4 Å². The van der Waals surface area contributed by atoms with Crippen molar-refractivity contribution in [1.29, 1.82) is 0 Å². The zero-order chi connectivity index (χ0) is 35.3. The minimum atomic E-state index is -0.546. The number of aromatic hydroxyl groups is 1. The van der Waals surface area contributed by atoms with E-state index in [0.717, 1.165) is 18.4 Å². The summed E-state index contributed by atoms with van der Waals surface area (Å²) >= 11 is 6.35. The van der Waals surface area contributed by atoms with Crippen LogP contribution in [-0.2, 0) is 4.74 Å². The van der Waals surface area contributed by atoms with E-state index in [1.165, 1.54) is 11.5 Å². The van der Waals surface area contributed by atoms with E-state index >= 15 is 4.79 Å². The largest absolute Gasteiger partial charge is 0.508 e. The zero-order valence-electron chi connectivity index (χ0n) is 29.7. The van der Waals surface area contributed by atoms with E-state index in [9.17, 15) is 9.90 Å². The molecule has 10 heteroatoms. The molecule has 9 nitrogen and oxygen atoms in total. The predicted octanol–water partition coefficient (Wildman–Crippen LogP) is 7.99. The number of halogens is 1. The van der Waals surface area contributed by atoms with Gasteiger partial charge in [-0.25, -0.2) is 14.0 Å². The Morgan fingerprint density at radius 1 is 1.00 bits per heavy atom. The highest BCUT2D eigenvalue weighted by molar-refractivity contribution is 6.30. The van der Waals surface area contributed by atoms with E-state index in [1.54, 1.807) is 36.4 Å². The van der Waals surface area contributed by atoms with E-state index in [4.69, 9.17) is 21.1 Å². The highest BCUT2D eigenvalue weighted by atomic mass is 35.5. The summed E-state index contributed by atoms with van der Waals surface area (Å²) in [5.41, 5.74) is 2.06. The van der Waals surface area contributed by atoms with Crippen LogP contribution in [0.25, 0.3) is 16.8 Å². The quantitative estimate of drug-likeness (QED) is 0.191. The van der Waals surface area contributed by atoms with E-state index in [0.29, 0.717) is 27.8 Å². The van der Waals surface area contributed by atoms with Crippen molar-refractivity contribution >= 4 is 23.2 Å². The molecule has 3 atom stereocenters. The first-order chi connectivity index (χ1) is 22.4. The van der Waals surface area contributed by atoms with Crippen LogP contribution in [0.2, 0.25) is 5.02 Å². The third kappa shape index (κ3) is 6.85. The maximum atomic E-state index is 15.0. The van der Waals surface area contributed by atoms with Crippen molar-refractivity contribution in [3.8, 4) is 22.9 Å². The standard InChI is InChI=1S/C38H49ClN4O5/c1-21-19-26(37(2,3)4)32(27(20-21)38(5,6)7)48-34(45)29-28(22-11-15-24(39)16-12-22)31(43-33(29)40-35(47-10)41-36(43)46)30(42(8)9)23-13-17-25(44)18-14-23/h11-18,21,26-27,30,32,44H,19-20H2,1-10H3,(H,40,41,46). The summed E-state index contributed by atoms with van der Waals surface area (Å²) in [6, 6.07) is 13.5. The van der Waals surface area contributed by atoms with E-state index < -0.39 is 17.7 Å². The molecule has 2 aromatic heterocycles. The van der Waals surface area contributed by atoms with Crippen LogP contribution < -0.4 is 10.4 Å². The molecule has 1 fully saturated rings. The monoisotopic (exact) mass is 676 g/mol. The van der Waals surface area contributed by atoms with Gasteiger partial charge in [0.25, 0.3) is 6.01 Å². The van der Waals surface area contributed by atoms with Gasteiger partial charge in [-0.05, 0) is 79.1 Å². The van der Waals surface area contributed by atoms with Gasteiger partial charge in [0.1, 0.15) is 17.4 Å². The topological polar surface area (TPSA) is 109 Å². The Balaban J connectivity index is 1.84. The number of phenolic OH excluding ortho intramolecular Hbond substituents is 1. The molecule has 1 saturated carbocycles. The second kappa shape index (κ2) is 13.2. The molecule has 0 spiro atoms. The Morgan fingerprint density at radius 3 is 2.06 bits per heavy atom. The summed E-state index contributed by atoms with van der Waals surface area (Å²) in [4.78, 5) is 38.4. The number of hydrogen-bond donors (Lipinski definition) is 2. The van der Waals surface area contributed by atoms with Gasteiger partial charge in [-0.2, -0.15) is 4.98 Å². The lowest BCUT2D eigenvalue weighted by Gasteiger charge is -2.50. The summed E-state index contributed by atoms with van der Waals surface area (Å²) in [5, 5.41) is 10.6. The lowest BCUT2D eigenvalue weighted by molar-refractivity contribution is -0.0922. The Hall–Kier alpha value is -3.82. The second-order valence-corrected chi connectivity index (χ2v) is 16.1. The molecule has 4 aromatic rings. The zero-order valence-corrected chi connectivity index (χ0v) is 30.5. The number of nitrogens with one attached hydrogen (secondary N) is 1. The normalized spacial score (nSPS) is 21.0. The van der Waals surface area contributed by atoms with Crippen molar-refractivity contribution in [1.82, 2.24) is 19.3 Å². The van der Waals surface area contributed by atoms with Crippen molar-refractivity contribution < 1.29 is 19.4 Å². The van der Waals surface area contributed by atoms with Gasteiger partial charge in [-0.15, -0.1) is 0 Å². The van der Waals surface area contributed by atoms with Crippen LogP contribution in [0, 0.1) is 28.6 Å². The number of benzene rings is 2. The molecule has 0 bridgehead atoms. The number of H-pyrrole nitrogens is 1. The SMILES string of the molecule is COc1nc2c(C(=O)OC3C(C(C)(C)C)CC(C)CC3C(C)(C)C)c(-c3ccc(Cl)cc3)c(C(c3ccc(O)cc3)N(C)C)n2c(=O)[nH]1. The van der Waals surface area contributed by atoms with Gasteiger partial charge in [0.2, 0.25) is 0 Å². The summed E-state index contributed by atoms with van der Waals surface area (Å²) in [5.74, 6) is 0.273. The summed E-state index contributed by atoms with van der Waals surface area (Å²) in [6.07, 6.45) is 1.51. The fourth-order valence-electron chi connectivity index (χ4n) is 7.53. The number of hydrogen-bond acceptors (Lipinski definition) is 7. The molecule has 0 aliphatic heterocycles. The Kier molecular flexibility index (Phi) is 9.79. The number of carbonyl (C=O) groups is 1. The molecular formula is C38H49ClN4O5. The van der Waals surface area contributed by atoms with Crippen LogP contribution in [-0.4, -0.2) is 57.7 Å². The number of rotatable bonds is 7. The number of phenols is 1. The molecule has 1 aliphatic carbocycles. The molecular weight excluding hydrogens is 628 g/mol. The molecule has 5 rings (SSSR count). The molecule has 3 unspecified atom stereocenters. The molecule has 48 heavy (non-hydrogen) atoms. The number of nitrogens with zero attached hydrogens (tertiary/aromatic N) is 3. The van der Waals surface area contributed by atoms with Crippen LogP contribution in [0.15, 0.2) is 53.3 Å². The van der Waals surface area contributed by atoms with Crippen LogP contribution >= 0.6 is 11.6 Å². The number of methoxy groups -OCH3 is 1. The molecule has 2 N–H and O–H groups in total. The maximum absolute atomic E-state index is 15.0. The van der Waals surface area contributed by atoms with Gasteiger partial charge in [0.05, 0.1) is 18.8 Å². The third-order valence-electron chi connectivity index (χ3n) is 9.90. The van der Waals surface area contributed by atoms with Gasteiger partial charge in [0.15, 0.2) is 5.65 Å². The van der Waals surface area contributed by atoms with Crippen LogP contribution in [0.4, 0.5) is 0 Å². The van der Waals surface area contributed by atoms with Crippen LogP contribution in [0.1, 0.15) is 89.0 Å². The van der Waals surface area contributed by atoms with Crippen molar-refractivity contribution in [3.05, 3.63) is 80.9 Å². The molecule has 0 saturated heterocycles. The van der Waals surface area contributed by atoms with Gasteiger partial charge in [-0.3, -0.25) is 9.88 Å². The van der Waals surface area contributed by atoms with Gasteiger partial charge in [0, 0.05) is 22.4 Å². The average Bonchev–Trinajstić information content (AvgIpc) is 3.33. The Morgan fingerprint density at radius 2 is 1.56 bits per heavy atom. The number of carbonyl (C=O) groups excluding carboxylic acids is 1. The van der Waals surface area contributed by atoms with E-state index in [-0.39, 0.29) is 51.7 Å². The predicted molar refractivity (Wildman–Crippen MR) is 190 cm³/mol. The first-order valence-electron chi connectivity index (χ1n) is 16.6. The van der Waals surface area contributed by atoms with Crippen LogP contribution in [0.5, 0.6) is 11.8 Å². The molecule has 2 heterocycles. The molecule has 258 valence electrons. The summed E-state index contributed by atoms with van der Waals surface area (Å²) < 4.78 is 13.6. The highest BCUT2D eigenvalue weighted by Crippen LogP contribution is 2.50. The van der Waals surface area contributed by atoms with Crippen molar-refractivity contribution in [2.75, 3.05) is 21.2 Å². The minimum absolute atomic E-state index is 0.0223. The fraction of sp³-hybridized carbons (Fsp3) is 0.500. The first kappa shape index (κ1) is 35.5.